The normalized spacial score (nSPS) is 10.5. The lowest BCUT2D eigenvalue weighted by Crippen LogP contribution is -2.36. The van der Waals surface area contributed by atoms with Crippen LogP contribution in [0.25, 0.3) is 22.3 Å². The van der Waals surface area contributed by atoms with E-state index in [-0.39, 0.29) is 11.4 Å². The van der Waals surface area contributed by atoms with Crippen molar-refractivity contribution in [2.45, 2.75) is 6.92 Å². The number of carbonyl (C=O) groups excluding carboxylic acids is 4. The Bertz CT molecular complexity index is 1500. The first-order valence-electron chi connectivity index (χ1n) is 12.1. The first-order valence-corrected chi connectivity index (χ1v) is 12.1. The molecule has 4 N–H and O–H groups in total. The van der Waals surface area contributed by atoms with Crippen LogP contribution in [0.5, 0.6) is 11.5 Å². The van der Waals surface area contributed by atoms with Gasteiger partial charge >= 0.3 is 11.9 Å². The molecule has 0 bridgehead atoms. The number of nitrogens with zero attached hydrogens (tertiary/aromatic N) is 2. The quantitative estimate of drug-likeness (QED) is 0.188. The highest BCUT2D eigenvalue weighted by molar-refractivity contribution is 5.99. The van der Waals surface area contributed by atoms with Crippen molar-refractivity contribution >= 4 is 23.8 Å². The van der Waals surface area contributed by atoms with E-state index in [9.17, 15) is 33.8 Å². The Morgan fingerprint density at radius 3 is 1.54 bits per heavy atom. The summed E-state index contributed by atoms with van der Waals surface area (Å²) >= 11 is 0. The maximum atomic E-state index is 13.1. The number of nitrogens with one attached hydrogen (secondary N) is 2. The molecule has 0 unspecified atom stereocenters. The van der Waals surface area contributed by atoms with Gasteiger partial charge in [-0.25, -0.2) is 23.9 Å². The van der Waals surface area contributed by atoms with Crippen LogP contribution in [0.3, 0.4) is 0 Å². The minimum atomic E-state index is -1.14. The van der Waals surface area contributed by atoms with Crippen LogP contribution in [0, 0.1) is 12.7 Å². The van der Waals surface area contributed by atoms with Gasteiger partial charge in [0.15, 0.2) is 11.4 Å². The van der Waals surface area contributed by atoms with Crippen molar-refractivity contribution in [2.24, 2.45) is 0 Å². The summed E-state index contributed by atoms with van der Waals surface area (Å²) in [6.07, 6.45) is 2.68. The maximum absolute atomic E-state index is 13.1. The summed E-state index contributed by atoms with van der Waals surface area (Å²) in [4.78, 5) is 56.4. The second-order valence-electron chi connectivity index (χ2n) is 8.77. The van der Waals surface area contributed by atoms with E-state index < -0.39 is 54.2 Å². The molecule has 0 aliphatic heterocycles. The molecule has 4 rings (SSSR count). The third-order valence-electron chi connectivity index (χ3n) is 5.74. The Hall–Kier alpha value is -5.65. The Kier molecular flexibility index (Phi) is 8.63. The fourth-order valence-electron chi connectivity index (χ4n) is 3.63. The molecule has 2 aromatic carbocycles. The van der Waals surface area contributed by atoms with E-state index in [0.29, 0.717) is 16.7 Å². The van der Waals surface area contributed by atoms with Crippen LogP contribution in [-0.4, -0.2) is 57.0 Å². The van der Waals surface area contributed by atoms with Gasteiger partial charge in [0, 0.05) is 23.5 Å². The second-order valence-corrected chi connectivity index (χ2v) is 8.77. The van der Waals surface area contributed by atoms with Crippen LogP contribution in [0.2, 0.25) is 0 Å². The Morgan fingerprint density at radius 2 is 1.12 bits per heavy atom. The monoisotopic (exact) mass is 558 g/mol. The highest BCUT2D eigenvalue weighted by atomic mass is 19.1. The van der Waals surface area contributed by atoms with Crippen LogP contribution in [0.1, 0.15) is 26.5 Å². The summed E-state index contributed by atoms with van der Waals surface area (Å²) in [5.74, 6) is -5.38. The molecular weight excluding hydrogens is 535 g/mol. The third kappa shape index (κ3) is 7.26. The van der Waals surface area contributed by atoms with Crippen molar-refractivity contribution in [3.05, 3.63) is 95.8 Å². The molecule has 2 heterocycles. The zero-order chi connectivity index (χ0) is 29.5. The molecule has 0 aliphatic carbocycles. The molecule has 0 saturated heterocycles. The molecule has 2 aromatic heterocycles. The lowest BCUT2D eigenvalue weighted by atomic mass is 10.1. The highest BCUT2D eigenvalue weighted by Gasteiger charge is 2.19. The van der Waals surface area contributed by atoms with Gasteiger partial charge in [0.05, 0.1) is 0 Å². The van der Waals surface area contributed by atoms with Gasteiger partial charge in [0.2, 0.25) is 0 Å². The average molecular weight is 559 g/mol. The van der Waals surface area contributed by atoms with Crippen molar-refractivity contribution in [1.29, 1.82) is 0 Å². The molecule has 12 heteroatoms. The summed E-state index contributed by atoms with van der Waals surface area (Å²) in [5, 5.41) is 24.8. The van der Waals surface area contributed by atoms with Crippen LogP contribution in [0.4, 0.5) is 4.39 Å². The number of esters is 2. The molecule has 0 radical (unpaired) electrons. The summed E-state index contributed by atoms with van der Waals surface area (Å²) < 4.78 is 17.7. The summed E-state index contributed by atoms with van der Waals surface area (Å²) in [5.41, 5.74) is 2.69. The van der Waals surface area contributed by atoms with Crippen molar-refractivity contribution in [3.8, 4) is 33.8 Å². The Labute approximate surface area is 232 Å². The van der Waals surface area contributed by atoms with Crippen LogP contribution < -0.4 is 10.6 Å². The summed E-state index contributed by atoms with van der Waals surface area (Å²) in [6.45, 7) is 0.484. The van der Waals surface area contributed by atoms with Gasteiger partial charge < -0.3 is 25.6 Å². The molecule has 4 aromatic rings. The van der Waals surface area contributed by atoms with Gasteiger partial charge in [-0.05, 0) is 42.3 Å². The van der Waals surface area contributed by atoms with Crippen molar-refractivity contribution < 1.29 is 38.5 Å². The minimum Gasteiger partial charge on any atom is -0.505 e. The summed E-state index contributed by atoms with van der Waals surface area (Å²) in [6, 6.07) is 15.5. The van der Waals surface area contributed by atoms with Gasteiger partial charge in [-0.1, -0.05) is 42.0 Å². The lowest BCUT2D eigenvalue weighted by molar-refractivity contribution is -0.158. The van der Waals surface area contributed by atoms with Gasteiger partial charge in [-0.3, -0.25) is 9.59 Å². The van der Waals surface area contributed by atoms with E-state index in [4.69, 9.17) is 0 Å². The number of aromatic hydroxyl groups is 2. The SMILES string of the molecule is Cc1ccc(-c2cnc(C(=O)NCC(=O)OC(=O)CNC(=O)c3ncc(-c4ccc(F)cc4)cc3O)c(O)c2)cc1. The van der Waals surface area contributed by atoms with E-state index in [1.807, 2.05) is 31.2 Å². The molecule has 0 aliphatic rings. The topological polar surface area (TPSA) is 168 Å². The predicted molar refractivity (Wildman–Crippen MR) is 143 cm³/mol. The number of aryl methyl sites for hydroxylation is 1. The molecule has 11 nitrogen and oxygen atoms in total. The first-order chi connectivity index (χ1) is 19.6. The minimum absolute atomic E-state index is 0.329. The zero-order valence-electron chi connectivity index (χ0n) is 21.6. The molecule has 0 spiro atoms. The number of hydrogen-bond acceptors (Lipinski definition) is 9. The number of benzene rings is 2. The first kappa shape index (κ1) is 28.4. The van der Waals surface area contributed by atoms with Crippen LogP contribution in [0.15, 0.2) is 73.1 Å². The number of amides is 2. The van der Waals surface area contributed by atoms with Crippen LogP contribution in [-0.2, 0) is 14.3 Å². The van der Waals surface area contributed by atoms with E-state index in [2.05, 4.69) is 25.3 Å². The molecule has 0 fully saturated rings. The molecular formula is C29H23FN4O7. The smallest absolute Gasteiger partial charge is 0.333 e. The summed E-state index contributed by atoms with van der Waals surface area (Å²) in [7, 11) is 0. The van der Waals surface area contributed by atoms with Crippen molar-refractivity contribution in [3.63, 3.8) is 0 Å². The van der Waals surface area contributed by atoms with E-state index in [0.717, 1.165) is 11.1 Å². The number of aromatic nitrogens is 2. The van der Waals surface area contributed by atoms with E-state index in [1.165, 1.54) is 48.8 Å². The van der Waals surface area contributed by atoms with Gasteiger partial charge in [0.1, 0.15) is 30.4 Å². The lowest BCUT2D eigenvalue weighted by Gasteiger charge is -2.09. The number of carbonyl (C=O) groups is 4. The van der Waals surface area contributed by atoms with E-state index in [1.54, 1.807) is 0 Å². The fourth-order valence-corrected chi connectivity index (χ4v) is 3.63. The van der Waals surface area contributed by atoms with Crippen molar-refractivity contribution in [1.82, 2.24) is 20.6 Å². The number of pyridine rings is 2. The average Bonchev–Trinajstić information content (AvgIpc) is 2.95. The van der Waals surface area contributed by atoms with Crippen molar-refractivity contribution in [2.75, 3.05) is 13.1 Å². The number of hydrogen-bond donors (Lipinski definition) is 4. The van der Waals surface area contributed by atoms with Gasteiger partial charge in [0.25, 0.3) is 11.8 Å². The molecule has 2 amide bonds. The zero-order valence-corrected chi connectivity index (χ0v) is 21.6. The van der Waals surface area contributed by atoms with Crippen LogP contribution >= 0.6 is 0 Å². The highest BCUT2D eigenvalue weighted by Crippen LogP contribution is 2.26. The Balaban J connectivity index is 1.25. The molecule has 208 valence electrons. The molecule has 0 saturated carbocycles. The second kappa shape index (κ2) is 12.5. The van der Waals surface area contributed by atoms with Gasteiger partial charge in [-0.2, -0.15) is 0 Å². The third-order valence-corrected chi connectivity index (χ3v) is 5.74. The fraction of sp³-hybridized carbons (Fsp3) is 0.103. The predicted octanol–water partition coefficient (Wildman–Crippen LogP) is 2.90. The standard InChI is InChI=1S/C29H23FN4O7/c1-16-2-4-17(5-3-16)19-10-22(35)26(31-12-19)28(39)33-14-24(37)41-25(38)15-34-29(40)27-23(36)11-20(13-32-27)18-6-8-21(30)9-7-18/h2-13,35-36H,14-15H2,1H3,(H,33,39)(H,34,40). The Morgan fingerprint density at radius 1 is 0.707 bits per heavy atom. The van der Waals surface area contributed by atoms with Gasteiger partial charge in [-0.15, -0.1) is 0 Å². The van der Waals surface area contributed by atoms with E-state index >= 15 is 0 Å². The number of halogens is 1. The molecule has 0 atom stereocenters. The number of rotatable bonds is 8. The largest absolute Gasteiger partial charge is 0.505 e. The maximum Gasteiger partial charge on any atom is 0.333 e. The molecule has 41 heavy (non-hydrogen) atoms. The number of ether oxygens (including phenoxy) is 1.